The molecule has 6 nitrogen and oxygen atoms in total. The molecular formula is C14H26N4O2. The van der Waals surface area contributed by atoms with Gasteiger partial charge >= 0.3 is 5.97 Å². The van der Waals surface area contributed by atoms with Crippen LogP contribution in [-0.4, -0.2) is 54.4 Å². The van der Waals surface area contributed by atoms with Crippen molar-refractivity contribution in [3.05, 3.63) is 17.0 Å². The van der Waals surface area contributed by atoms with Gasteiger partial charge in [-0.1, -0.05) is 13.8 Å². The Morgan fingerprint density at radius 3 is 2.50 bits per heavy atom. The SMILES string of the molecule is CCN(CC)CCNC(C(=O)OC)c1c(C)n[nH]c1C. The summed E-state index contributed by atoms with van der Waals surface area (Å²) < 4.78 is 4.90. The van der Waals surface area contributed by atoms with E-state index in [0.29, 0.717) is 0 Å². The van der Waals surface area contributed by atoms with Crippen LogP contribution in [0.2, 0.25) is 0 Å². The average Bonchev–Trinajstić information content (AvgIpc) is 2.78. The van der Waals surface area contributed by atoms with Gasteiger partial charge in [-0.05, 0) is 26.9 Å². The maximum absolute atomic E-state index is 12.0. The predicted molar refractivity (Wildman–Crippen MR) is 78.6 cm³/mol. The van der Waals surface area contributed by atoms with E-state index < -0.39 is 6.04 Å². The van der Waals surface area contributed by atoms with Gasteiger partial charge in [-0.25, -0.2) is 4.79 Å². The lowest BCUT2D eigenvalue weighted by Gasteiger charge is -2.21. The van der Waals surface area contributed by atoms with Crippen LogP contribution in [0, 0.1) is 13.8 Å². The number of rotatable bonds is 8. The largest absolute Gasteiger partial charge is 0.468 e. The number of H-pyrrole nitrogens is 1. The molecule has 0 radical (unpaired) electrons. The third-order valence-electron chi connectivity index (χ3n) is 3.58. The zero-order valence-corrected chi connectivity index (χ0v) is 13.1. The summed E-state index contributed by atoms with van der Waals surface area (Å²) in [5.41, 5.74) is 2.61. The van der Waals surface area contributed by atoms with E-state index in [4.69, 9.17) is 4.74 Å². The van der Waals surface area contributed by atoms with E-state index in [9.17, 15) is 4.79 Å². The Balaban J connectivity index is 2.74. The summed E-state index contributed by atoms with van der Waals surface area (Å²) in [6, 6.07) is -0.464. The normalized spacial score (nSPS) is 12.7. The smallest absolute Gasteiger partial charge is 0.327 e. The number of hydrogen-bond donors (Lipinski definition) is 2. The number of methoxy groups -OCH3 is 1. The van der Waals surface area contributed by atoms with Crippen LogP contribution < -0.4 is 5.32 Å². The molecule has 1 unspecified atom stereocenters. The third-order valence-corrected chi connectivity index (χ3v) is 3.58. The van der Waals surface area contributed by atoms with Gasteiger partial charge in [-0.15, -0.1) is 0 Å². The maximum atomic E-state index is 12.0. The number of aryl methyl sites for hydroxylation is 2. The minimum absolute atomic E-state index is 0.280. The zero-order chi connectivity index (χ0) is 15.1. The van der Waals surface area contributed by atoms with Crippen molar-refractivity contribution in [2.45, 2.75) is 33.7 Å². The van der Waals surface area contributed by atoms with Gasteiger partial charge in [-0.3, -0.25) is 10.4 Å². The number of carbonyl (C=O) groups is 1. The number of nitrogens with zero attached hydrogens (tertiary/aromatic N) is 2. The van der Waals surface area contributed by atoms with E-state index in [1.54, 1.807) is 0 Å². The molecule has 0 fully saturated rings. The highest BCUT2D eigenvalue weighted by Gasteiger charge is 2.26. The van der Waals surface area contributed by atoms with E-state index in [-0.39, 0.29) is 5.97 Å². The fourth-order valence-corrected chi connectivity index (χ4v) is 2.31. The fraction of sp³-hybridized carbons (Fsp3) is 0.714. The van der Waals surface area contributed by atoms with Crippen LogP contribution >= 0.6 is 0 Å². The quantitative estimate of drug-likeness (QED) is 0.701. The summed E-state index contributed by atoms with van der Waals surface area (Å²) in [6.45, 7) is 11.7. The van der Waals surface area contributed by atoms with Gasteiger partial charge < -0.3 is 9.64 Å². The second-order valence-electron chi connectivity index (χ2n) is 4.78. The number of likely N-dealkylation sites (N-methyl/N-ethyl adjacent to an activating group) is 1. The number of hydrogen-bond acceptors (Lipinski definition) is 5. The van der Waals surface area contributed by atoms with E-state index in [1.807, 2.05) is 13.8 Å². The number of ether oxygens (including phenoxy) is 1. The molecule has 0 aliphatic heterocycles. The van der Waals surface area contributed by atoms with Crippen LogP contribution in [0.4, 0.5) is 0 Å². The topological polar surface area (TPSA) is 70.2 Å². The van der Waals surface area contributed by atoms with Gasteiger partial charge in [0.15, 0.2) is 0 Å². The first-order valence-electron chi connectivity index (χ1n) is 7.10. The summed E-state index contributed by atoms with van der Waals surface area (Å²) >= 11 is 0. The van der Waals surface area contributed by atoms with Gasteiger partial charge in [-0.2, -0.15) is 5.10 Å². The Kier molecular flexibility index (Phi) is 6.67. The lowest BCUT2D eigenvalue weighted by atomic mass is 10.1. The van der Waals surface area contributed by atoms with Crippen molar-refractivity contribution in [3.63, 3.8) is 0 Å². The molecule has 0 aliphatic carbocycles. The highest BCUT2D eigenvalue weighted by molar-refractivity contribution is 5.78. The van der Waals surface area contributed by atoms with Crippen LogP contribution in [0.5, 0.6) is 0 Å². The molecular weight excluding hydrogens is 256 g/mol. The number of esters is 1. The minimum Gasteiger partial charge on any atom is -0.468 e. The van der Waals surface area contributed by atoms with Gasteiger partial charge in [0.2, 0.25) is 0 Å². The molecule has 0 saturated heterocycles. The van der Waals surface area contributed by atoms with Crippen molar-refractivity contribution in [1.29, 1.82) is 0 Å². The third kappa shape index (κ3) is 4.05. The summed E-state index contributed by atoms with van der Waals surface area (Å²) in [6.07, 6.45) is 0. The Hall–Kier alpha value is -1.40. The second-order valence-corrected chi connectivity index (χ2v) is 4.78. The van der Waals surface area contributed by atoms with Crippen molar-refractivity contribution in [3.8, 4) is 0 Å². The summed E-state index contributed by atoms with van der Waals surface area (Å²) in [5.74, 6) is -0.280. The molecule has 0 aromatic carbocycles. The Bertz CT molecular complexity index is 407. The molecule has 0 aliphatic rings. The Morgan fingerprint density at radius 1 is 1.40 bits per heavy atom. The van der Waals surface area contributed by atoms with Crippen molar-refractivity contribution >= 4 is 5.97 Å². The summed E-state index contributed by atoms with van der Waals surface area (Å²) in [7, 11) is 1.41. The molecule has 2 N–H and O–H groups in total. The van der Waals surface area contributed by atoms with Gasteiger partial charge in [0.25, 0.3) is 0 Å². The van der Waals surface area contributed by atoms with Gasteiger partial charge in [0.05, 0.1) is 12.8 Å². The molecule has 0 saturated carbocycles. The van der Waals surface area contributed by atoms with E-state index in [2.05, 4.69) is 34.3 Å². The number of aromatic nitrogens is 2. The Morgan fingerprint density at radius 2 is 2.05 bits per heavy atom. The monoisotopic (exact) mass is 282 g/mol. The molecule has 6 heteroatoms. The summed E-state index contributed by atoms with van der Waals surface area (Å²) in [5, 5.41) is 10.3. The van der Waals surface area contributed by atoms with Crippen LogP contribution in [0.1, 0.15) is 36.8 Å². The number of aromatic amines is 1. The number of nitrogens with one attached hydrogen (secondary N) is 2. The van der Waals surface area contributed by atoms with E-state index in [1.165, 1.54) is 7.11 Å². The molecule has 0 bridgehead atoms. The van der Waals surface area contributed by atoms with Crippen LogP contribution in [0.3, 0.4) is 0 Å². The molecule has 0 amide bonds. The first-order chi connectivity index (χ1) is 9.54. The highest BCUT2D eigenvalue weighted by atomic mass is 16.5. The Labute approximate surface area is 120 Å². The van der Waals surface area contributed by atoms with Crippen molar-refractivity contribution in [2.75, 3.05) is 33.3 Å². The summed E-state index contributed by atoms with van der Waals surface area (Å²) in [4.78, 5) is 14.3. The molecule has 1 atom stereocenters. The molecule has 0 spiro atoms. The average molecular weight is 282 g/mol. The molecule has 20 heavy (non-hydrogen) atoms. The molecule has 1 aromatic heterocycles. The van der Waals surface area contributed by atoms with Crippen LogP contribution in [0.25, 0.3) is 0 Å². The second kappa shape index (κ2) is 8.01. The number of carbonyl (C=O) groups excluding carboxylic acids is 1. The standard InChI is InChI=1S/C14H26N4O2/c1-6-18(7-2)9-8-15-13(14(19)20-5)12-10(3)16-17-11(12)4/h13,15H,6-9H2,1-5H3,(H,16,17). The first kappa shape index (κ1) is 16.7. The zero-order valence-electron chi connectivity index (χ0n) is 13.1. The first-order valence-corrected chi connectivity index (χ1v) is 7.10. The predicted octanol–water partition coefficient (Wildman–Crippen LogP) is 1.17. The van der Waals surface area contributed by atoms with Crippen molar-refractivity contribution < 1.29 is 9.53 Å². The van der Waals surface area contributed by atoms with Gasteiger partial charge in [0, 0.05) is 24.3 Å². The maximum Gasteiger partial charge on any atom is 0.327 e. The molecule has 1 heterocycles. The lowest BCUT2D eigenvalue weighted by molar-refractivity contribution is -0.143. The molecule has 114 valence electrons. The van der Waals surface area contributed by atoms with Crippen LogP contribution in [0.15, 0.2) is 0 Å². The van der Waals surface area contributed by atoms with Crippen molar-refractivity contribution in [2.24, 2.45) is 0 Å². The lowest BCUT2D eigenvalue weighted by Crippen LogP contribution is -2.37. The highest BCUT2D eigenvalue weighted by Crippen LogP contribution is 2.20. The fourth-order valence-electron chi connectivity index (χ4n) is 2.31. The van der Waals surface area contributed by atoms with Crippen molar-refractivity contribution in [1.82, 2.24) is 20.4 Å². The molecule has 1 aromatic rings. The van der Waals surface area contributed by atoms with E-state index >= 15 is 0 Å². The van der Waals surface area contributed by atoms with Crippen LogP contribution in [-0.2, 0) is 9.53 Å². The van der Waals surface area contributed by atoms with Gasteiger partial charge in [0.1, 0.15) is 6.04 Å². The minimum atomic E-state index is -0.464. The molecule has 1 rings (SSSR count). The van der Waals surface area contributed by atoms with E-state index in [0.717, 1.165) is 43.1 Å².